The number of amides is 2. The number of allylic oxidation sites excluding steroid dienone is 1. The number of hydrogen-bond donors (Lipinski definition) is 1. The Morgan fingerprint density at radius 1 is 1.24 bits per heavy atom. The minimum absolute atomic E-state index is 0.0836. The Hall–Kier alpha value is -2.97. The van der Waals surface area contributed by atoms with Crippen LogP contribution in [0.3, 0.4) is 0 Å². The first-order chi connectivity index (χ1) is 20.1. The van der Waals surface area contributed by atoms with Crippen LogP contribution in [0.4, 0.5) is 5.69 Å². The molecule has 2 bridgehead atoms. The maximum Gasteiger partial charge on any atom is 0.312 e. The summed E-state index contributed by atoms with van der Waals surface area (Å²) in [7, 11) is 0. The van der Waals surface area contributed by atoms with E-state index < -0.39 is 41.1 Å². The molecule has 3 heterocycles. The Bertz CT molecular complexity index is 1210. The summed E-state index contributed by atoms with van der Waals surface area (Å²) in [6.45, 7) is 17.7. The van der Waals surface area contributed by atoms with E-state index in [0.717, 1.165) is 16.8 Å². The van der Waals surface area contributed by atoms with Gasteiger partial charge in [0, 0.05) is 12.2 Å². The number of fused-ring (bicyclic) bond motifs is 1. The van der Waals surface area contributed by atoms with Crippen molar-refractivity contribution >= 4 is 23.5 Å². The summed E-state index contributed by atoms with van der Waals surface area (Å²) in [6.07, 6.45) is 7.07. The molecule has 7 atom stereocenters. The van der Waals surface area contributed by atoms with Gasteiger partial charge in [0.15, 0.2) is 0 Å². The number of nitrogens with zero attached hydrogens (tertiary/aromatic N) is 2. The van der Waals surface area contributed by atoms with Crippen molar-refractivity contribution in [3.8, 4) is 0 Å². The fourth-order valence-corrected chi connectivity index (χ4v) is 7.55. The molecule has 2 amide bonds. The summed E-state index contributed by atoms with van der Waals surface area (Å²) in [5.74, 6) is -2.81. The minimum Gasteiger partial charge on any atom is -0.465 e. The number of unbranched alkanes of at least 4 members (excludes halogenated alkanes) is 1. The quantitative estimate of drug-likeness (QED) is 0.191. The number of benzene rings is 1. The largest absolute Gasteiger partial charge is 0.465 e. The van der Waals surface area contributed by atoms with E-state index in [0.29, 0.717) is 38.5 Å². The van der Waals surface area contributed by atoms with Crippen LogP contribution in [-0.2, 0) is 23.9 Å². The molecule has 1 aromatic rings. The molecule has 3 aliphatic rings. The van der Waals surface area contributed by atoms with Crippen molar-refractivity contribution in [2.45, 2.75) is 96.4 Å². The van der Waals surface area contributed by atoms with Gasteiger partial charge in [0.25, 0.3) is 5.91 Å². The second kappa shape index (κ2) is 12.7. The van der Waals surface area contributed by atoms with Gasteiger partial charge in [-0.15, -0.1) is 13.2 Å². The van der Waals surface area contributed by atoms with E-state index in [1.807, 2.05) is 52.8 Å². The molecule has 0 aromatic heterocycles. The molecule has 4 rings (SSSR count). The highest BCUT2D eigenvalue weighted by atomic mass is 16.6. The zero-order chi connectivity index (χ0) is 30.8. The summed E-state index contributed by atoms with van der Waals surface area (Å²) in [5.41, 5.74) is 0.584. The number of aryl methyl sites for hydroxylation is 2. The van der Waals surface area contributed by atoms with Crippen molar-refractivity contribution < 1.29 is 29.0 Å². The van der Waals surface area contributed by atoms with E-state index >= 15 is 0 Å². The maximum absolute atomic E-state index is 14.9. The summed E-state index contributed by atoms with van der Waals surface area (Å²) in [4.78, 5) is 46.5. The Balaban J connectivity index is 1.85. The molecule has 42 heavy (non-hydrogen) atoms. The molecule has 8 heteroatoms. The third kappa shape index (κ3) is 5.11. The predicted octanol–water partition coefficient (Wildman–Crippen LogP) is 4.89. The van der Waals surface area contributed by atoms with E-state index in [9.17, 15) is 19.5 Å². The van der Waals surface area contributed by atoms with Gasteiger partial charge in [0.2, 0.25) is 5.91 Å². The van der Waals surface area contributed by atoms with Gasteiger partial charge in [-0.3, -0.25) is 14.4 Å². The molecule has 1 N–H and O–H groups in total. The summed E-state index contributed by atoms with van der Waals surface area (Å²) in [5, 5.41) is 10.6. The fraction of sp³-hybridized carbons (Fsp3) is 0.618. The van der Waals surface area contributed by atoms with Crippen molar-refractivity contribution in [2.24, 2.45) is 17.8 Å². The van der Waals surface area contributed by atoms with E-state index in [4.69, 9.17) is 9.47 Å². The first-order valence-corrected chi connectivity index (χ1v) is 15.5. The van der Waals surface area contributed by atoms with Crippen LogP contribution in [0, 0.1) is 31.6 Å². The Morgan fingerprint density at radius 3 is 2.60 bits per heavy atom. The zero-order valence-electron chi connectivity index (χ0n) is 25.9. The summed E-state index contributed by atoms with van der Waals surface area (Å²) in [6, 6.07) is 4.33. The van der Waals surface area contributed by atoms with Crippen molar-refractivity contribution in [3.63, 3.8) is 0 Å². The highest BCUT2D eigenvalue weighted by Gasteiger charge is 2.79. The number of esters is 1. The molecule has 8 nitrogen and oxygen atoms in total. The second-order valence-electron chi connectivity index (χ2n) is 12.3. The van der Waals surface area contributed by atoms with Gasteiger partial charge in [-0.2, -0.15) is 0 Å². The summed E-state index contributed by atoms with van der Waals surface area (Å²) < 4.78 is 12.6. The molecular weight excluding hydrogens is 532 g/mol. The number of hydrogen-bond acceptors (Lipinski definition) is 6. The lowest BCUT2D eigenvalue weighted by atomic mass is 9.65. The number of anilines is 1. The molecule has 1 aromatic carbocycles. The van der Waals surface area contributed by atoms with Crippen LogP contribution < -0.4 is 4.90 Å². The molecule has 0 saturated carbocycles. The average molecular weight is 581 g/mol. The van der Waals surface area contributed by atoms with Crippen molar-refractivity contribution in [1.82, 2.24) is 4.90 Å². The van der Waals surface area contributed by atoms with Gasteiger partial charge in [0.05, 0.1) is 30.8 Å². The van der Waals surface area contributed by atoms with Crippen LogP contribution in [0.5, 0.6) is 0 Å². The van der Waals surface area contributed by atoms with Gasteiger partial charge < -0.3 is 24.4 Å². The zero-order valence-corrected chi connectivity index (χ0v) is 25.9. The lowest BCUT2D eigenvalue weighted by Gasteiger charge is -2.41. The average Bonchev–Trinajstić information content (AvgIpc) is 3.59. The van der Waals surface area contributed by atoms with Crippen LogP contribution in [0.1, 0.15) is 70.4 Å². The molecule has 2 unspecified atom stereocenters. The monoisotopic (exact) mass is 580 g/mol. The first-order valence-electron chi connectivity index (χ1n) is 15.5. The molecule has 0 aliphatic carbocycles. The molecule has 3 saturated heterocycles. The van der Waals surface area contributed by atoms with Crippen molar-refractivity contribution in [2.75, 3.05) is 24.7 Å². The third-order valence-corrected chi connectivity index (χ3v) is 9.98. The Morgan fingerprint density at radius 2 is 1.98 bits per heavy atom. The lowest BCUT2D eigenvalue weighted by molar-refractivity contribution is -0.162. The molecule has 3 aliphatic heterocycles. The van der Waals surface area contributed by atoms with Gasteiger partial charge in [-0.05, 0) is 69.1 Å². The molecule has 1 spiro atoms. The molecule has 230 valence electrons. The maximum atomic E-state index is 14.9. The number of carbonyl (C=O) groups is 3. The number of rotatable bonds is 14. The molecular formula is C34H48N2O6. The van der Waals surface area contributed by atoms with Gasteiger partial charge >= 0.3 is 5.97 Å². The topological polar surface area (TPSA) is 96.4 Å². The van der Waals surface area contributed by atoms with Gasteiger partial charge in [-0.1, -0.05) is 51.5 Å². The smallest absolute Gasteiger partial charge is 0.312 e. The third-order valence-electron chi connectivity index (χ3n) is 9.98. The highest BCUT2D eigenvalue weighted by Crippen LogP contribution is 2.65. The number of ether oxygens (including phenoxy) is 2. The van der Waals surface area contributed by atoms with Crippen molar-refractivity contribution in [3.05, 3.63) is 54.6 Å². The highest BCUT2D eigenvalue weighted by molar-refractivity contribution is 6.05. The molecule has 3 fully saturated rings. The van der Waals surface area contributed by atoms with Crippen LogP contribution in [0.25, 0.3) is 0 Å². The number of likely N-dealkylation sites (tertiary alicyclic amines) is 1. The van der Waals surface area contributed by atoms with Gasteiger partial charge in [-0.25, -0.2) is 0 Å². The van der Waals surface area contributed by atoms with Crippen LogP contribution in [0.15, 0.2) is 43.5 Å². The molecule has 0 radical (unpaired) electrons. The number of carbonyl (C=O) groups excluding carboxylic acids is 3. The van der Waals surface area contributed by atoms with Crippen LogP contribution in [-0.4, -0.2) is 70.8 Å². The van der Waals surface area contributed by atoms with E-state index in [-0.39, 0.29) is 37.5 Å². The predicted molar refractivity (Wildman–Crippen MR) is 163 cm³/mol. The summed E-state index contributed by atoms with van der Waals surface area (Å²) >= 11 is 0. The number of aliphatic hydroxyl groups excluding tert-OH is 1. The first kappa shape index (κ1) is 32.0. The second-order valence-corrected chi connectivity index (χ2v) is 12.3. The normalized spacial score (nSPS) is 29.2. The van der Waals surface area contributed by atoms with Crippen LogP contribution >= 0.6 is 0 Å². The number of aliphatic hydroxyl groups is 1. The van der Waals surface area contributed by atoms with E-state index in [1.165, 1.54) is 0 Å². The van der Waals surface area contributed by atoms with Crippen LogP contribution in [0.2, 0.25) is 0 Å². The van der Waals surface area contributed by atoms with E-state index in [2.05, 4.69) is 13.2 Å². The minimum atomic E-state index is -1.20. The van der Waals surface area contributed by atoms with Crippen molar-refractivity contribution in [1.29, 1.82) is 0 Å². The fourth-order valence-electron chi connectivity index (χ4n) is 7.55. The SMILES string of the molecule is C=CCCCOC(=O)[C@@H]1[C@H]2C(=O)N([C@@H](CO)[C@@H](C)CC)C(C(=O)N(CC=C)c3cc(C)ccc3C)C23CC[C@@]1(CC)O3. The Labute approximate surface area is 250 Å². The lowest BCUT2D eigenvalue weighted by Crippen LogP contribution is -2.60. The standard InChI is InChI=1S/C34H48N2O6/c1-8-12-13-19-41-32(40)28-27-30(38)36(26(21-37)23(6)10-3)29(34(27)17-16-33(28,11-4)42-34)31(39)35(18-9-2)25-20-22(5)14-15-24(25)7/h8-9,14-15,20,23,26-29,37H,1-2,10-13,16-19,21H2,3-7H3/t23-,26-,27-,28-,29?,33+,34?/m0/s1. The Kier molecular flexibility index (Phi) is 9.68. The van der Waals surface area contributed by atoms with Gasteiger partial charge in [0.1, 0.15) is 17.6 Å². The van der Waals surface area contributed by atoms with E-state index in [1.54, 1.807) is 22.0 Å².